The number of pyridine rings is 1. The molecule has 2 aromatic heterocycles. The Morgan fingerprint density at radius 1 is 1.36 bits per heavy atom. The van der Waals surface area contributed by atoms with Gasteiger partial charge in [-0.3, -0.25) is 19.3 Å². The molecule has 7 nitrogen and oxygen atoms in total. The van der Waals surface area contributed by atoms with Crippen LogP contribution in [-0.2, 0) is 11.3 Å². The van der Waals surface area contributed by atoms with E-state index in [-0.39, 0.29) is 17.9 Å². The molecule has 0 radical (unpaired) electrons. The Bertz CT molecular complexity index is 815. The van der Waals surface area contributed by atoms with E-state index in [2.05, 4.69) is 10.1 Å². The number of aromatic nitrogens is 3. The van der Waals surface area contributed by atoms with Crippen molar-refractivity contribution in [3.63, 3.8) is 0 Å². The van der Waals surface area contributed by atoms with E-state index in [0.29, 0.717) is 31.6 Å². The third-order valence-corrected chi connectivity index (χ3v) is 4.89. The van der Waals surface area contributed by atoms with Crippen LogP contribution in [-0.4, -0.2) is 56.0 Å². The van der Waals surface area contributed by atoms with Gasteiger partial charge in [0, 0.05) is 44.6 Å². The lowest BCUT2D eigenvalue weighted by molar-refractivity contribution is -0.128. The zero-order valence-electron chi connectivity index (χ0n) is 14.3. The molecule has 2 amide bonds. The predicted octanol–water partition coefficient (Wildman–Crippen LogP) is 1.41. The van der Waals surface area contributed by atoms with Crippen LogP contribution < -0.4 is 0 Å². The van der Waals surface area contributed by atoms with Gasteiger partial charge in [-0.05, 0) is 31.0 Å². The van der Waals surface area contributed by atoms with Crippen molar-refractivity contribution in [2.45, 2.75) is 32.4 Å². The highest BCUT2D eigenvalue weighted by molar-refractivity contribution is 5.94. The molecule has 1 saturated heterocycles. The van der Waals surface area contributed by atoms with Crippen LogP contribution in [0.1, 0.15) is 40.5 Å². The lowest BCUT2D eigenvalue weighted by atomic mass is 10.1. The number of fused-ring (bicyclic) bond motifs is 1. The summed E-state index contributed by atoms with van der Waals surface area (Å²) in [6.45, 7) is 4.39. The molecule has 0 aliphatic carbocycles. The number of likely N-dealkylation sites (tertiary alicyclic amines) is 1. The van der Waals surface area contributed by atoms with Gasteiger partial charge in [-0.1, -0.05) is 0 Å². The van der Waals surface area contributed by atoms with E-state index in [1.54, 1.807) is 18.6 Å². The number of carbonyl (C=O) groups excluding carboxylic acids is 2. The van der Waals surface area contributed by atoms with E-state index >= 15 is 0 Å². The summed E-state index contributed by atoms with van der Waals surface area (Å²) in [6.07, 6.45) is 6.64. The van der Waals surface area contributed by atoms with Crippen LogP contribution in [0.25, 0.3) is 0 Å². The Labute approximate surface area is 146 Å². The second kappa shape index (κ2) is 6.31. The molecule has 2 aliphatic rings. The van der Waals surface area contributed by atoms with Crippen molar-refractivity contribution < 1.29 is 9.59 Å². The summed E-state index contributed by atoms with van der Waals surface area (Å²) in [4.78, 5) is 32.7. The van der Waals surface area contributed by atoms with E-state index in [1.807, 2.05) is 33.5 Å². The fourth-order valence-electron chi connectivity index (χ4n) is 3.68. The second-order valence-electron chi connectivity index (χ2n) is 6.80. The van der Waals surface area contributed by atoms with Crippen molar-refractivity contribution in [2.75, 3.05) is 19.6 Å². The Morgan fingerprint density at radius 2 is 2.24 bits per heavy atom. The van der Waals surface area contributed by atoms with Gasteiger partial charge in [0.2, 0.25) is 5.91 Å². The Hall–Kier alpha value is -2.70. The van der Waals surface area contributed by atoms with E-state index < -0.39 is 0 Å². The molecule has 25 heavy (non-hydrogen) atoms. The third kappa shape index (κ3) is 3.01. The monoisotopic (exact) mass is 339 g/mol. The smallest absolute Gasteiger partial charge is 0.255 e. The van der Waals surface area contributed by atoms with Crippen LogP contribution >= 0.6 is 0 Å². The van der Waals surface area contributed by atoms with Crippen LogP contribution in [0, 0.1) is 6.92 Å². The van der Waals surface area contributed by atoms with E-state index in [1.165, 1.54) is 0 Å². The van der Waals surface area contributed by atoms with Gasteiger partial charge in [0.15, 0.2) is 0 Å². The van der Waals surface area contributed by atoms with Crippen LogP contribution in [0.3, 0.4) is 0 Å². The number of hydrogen-bond acceptors (Lipinski definition) is 4. The minimum absolute atomic E-state index is 0.0116. The lowest BCUT2D eigenvalue weighted by Gasteiger charge is -2.35. The van der Waals surface area contributed by atoms with Gasteiger partial charge in [-0.25, -0.2) is 0 Å². The number of amides is 2. The molecule has 0 saturated carbocycles. The molecule has 1 atom stereocenters. The van der Waals surface area contributed by atoms with Gasteiger partial charge < -0.3 is 9.80 Å². The molecule has 0 bridgehead atoms. The first kappa shape index (κ1) is 15.8. The maximum Gasteiger partial charge on any atom is 0.255 e. The molecule has 2 aromatic rings. The first-order valence-electron chi connectivity index (χ1n) is 8.63. The highest BCUT2D eigenvalue weighted by Crippen LogP contribution is 2.24. The number of nitrogens with zero attached hydrogens (tertiary/aromatic N) is 5. The zero-order valence-corrected chi connectivity index (χ0v) is 14.3. The van der Waals surface area contributed by atoms with E-state index in [9.17, 15) is 9.59 Å². The lowest BCUT2D eigenvalue weighted by Crippen LogP contribution is -2.45. The second-order valence-corrected chi connectivity index (χ2v) is 6.80. The average molecular weight is 339 g/mol. The number of rotatable bonds is 3. The van der Waals surface area contributed by atoms with Crippen LogP contribution in [0.5, 0.6) is 0 Å². The first-order valence-corrected chi connectivity index (χ1v) is 8.63. The van der Waals surface area contributed by atoms with Gasteiger partial charge in [0.1, 0.15) is 0 Å². The summed E-state index contributed by atoms with van der Waals surface area (Å²) in [6, 6.07) is 3.79. The summed E-state index contributed by atoms with van der Waals surface area (Å²) in [7, 11) is 0. The molecule has 0 N–H and O–H groups in total. The van der Waals surface area contributed by atoms with Crippen molar-refractivity contribution in [3.8, 4) is 0 Å². The van der Waals surface area contributed by atoms with Crippen molar-refractivity contribution in [3.05, 3.63) is 47.5 Å². The SMILES string of the molecule is Cc1cncc(C(=O)N2Cc3ccnn3[C@@H](CN3CCCC3=O)C2)c1. The van der Waals surface area contributed by atoms with Crippen molar-refractivity contribution >= 4 is 11.8 Å². The van der Waals surface area contributed by atoms with Crippen LogP contribution in [0.4, 0.5) is 0 Å². The third-order valence-electron chi connectivity index (χ3n) is 4.89. The summed E-state index contributed by atoms with van der Waals surface area (Å²) < 4.78 is 1.96. The van der Waals surface area contributed by atoms with Gasteiger partial charge in [-0.15, -0.1) is 0 Å². The van der Waals surface area contributed by atoms with Crippen LogP contribution in [0.15, 0.2) is 30.7 Å². The molecule has 2 aliphatic heterocycles. The standard InChI is InChI=1S/C18H21N5O2/c1-13-7-14(9-19-8-13)18(25)22-10-15-4-5-20-23(15)16(12-22)11-21-6-2-3-17(21)24/h4-5,7-9,16H,2-3,6,10-12H2,1H3/t16-/m0/s1. The summed E-state index contributed by atoms with van der Waals surface area (Å²) >= 11 is 0. The Kier molecular flexibility index (Phi) is 3.99. The molecule has 1 fully saturated rings. The highest BCUT2D eigenvalue weighted by atomic mass is 16.2. The molecule has 4 rings (SSSR count). The van der Waals surface area contributed by atoms with Crippen molar-refractivity contribution in [1.82, 2.24) is 24.6 Å². The van der Waals surface area contributed by atoms with Crippen molar-refractivity contribution in [2.24, 2.45) is 0 Å². The molecule has 0 aromatic carbocycles. The van der Waals surface area contributed by atoms with Gasteiger partial charge in [0.25, 0.3) is 5.91 Å². The summed E-state index contributed by atoms with van der Waals surface area (Å²) in [5, 5.41) is 4.41. The van der Waals surface area contributed by atoms with Gasteiger partial charge >= 0.3 is 0 Å². The minimum Gasteiger partial charge on any atom is -0.340 e. The topological polar surface area (TPSA) is 71.3 Å². The largest absolute Gasteiger partial charge is 0.340 e. The molecular weight excluding hydrogens is 318 g/mol. The predicted molar refractivity (Wildman–Crippen MR) is 90.8 cm³/mol. The highest BCUT2D eigenvalue weighted by Gasteiger charge is 2.32. The average Bonchev–Trinajstić information content (AvgIpc) is 3.23. The maximum atomic E-state index is 12.9. The Balaban J connectivity index is 1.57. The fraction of sp³-hybridized carbons (Fsp3) is 0.444. The van der Waals surface area contributed by atoms with Gasteiger partial charge in [0.05, 0.1) is 23.8 Å². The fourth-order valence-corrected chi connectivity index (χ4v) is 3.68. The maximum absolute atomic E-state index is 12.9. The Morgan fingerprint density at radius 3 is 3.00 bits per heavy atom. The van der Waals surface area contributed by atoms with E-state index in [0.717, 1.165) is 24.2 Å². The molecule has 7 heteroatoms. The summed E-state index contributed by atoms with van der Waals surface area (Å²) in [5.41, 5.74) is 2.56. The zero-order chi connectivity index (χ0) is 17.4. The van der Waals surface area contributed by atoms with Crippen molar-refractivity contribution in [1.29, 1.82) is 0 Å². The molecule has 0 spiro atoms. The van der Waals surface area contributed by atoms with E-state index in [4.69, 9.17) is 0 Å². The normalized spacial score (nSPS) is 20.0. The van der Waals surface area contributed by atoms with Crippen LogP contribution in [0.2, 0.25) is 0 Å². The number of carbonyl (C=O) groups is 2. The molecular formula is C18H21N5O2. The summed E-state index contributed by atoms with van der Waals surface area (Å²) in [5.74, 6) is 0.168. The number of aryl methyl sites for hydroxylation is 1. The first-order chi connectivity index (χ1) is 12.1. The minimum atomic E-state index is -0.0265. The molecule has 0 unspecified atom stereocenters. The molecule has 130 valence electrons. The van der Waals surface area contributed by atoms with Gasteiger partial charge in [-0.2, -0.15) is 5.10 Å². The molecule has 4 heterocycles. The quantitative estimate of drug-likeness (QED) is 0.848. The number of hydrogen-bond donors (Lipinski definition) is 0.